The summed E-state index contributed by atoms with van der Waals surface area (Å²) in [5, 5.41) is 0. The van der Waals surface area contributed by atoms with Crippen molar-refractivity contribution < 1.29 is 0 Å². The van der Waals surface area contributed by atoms with Gasteiger partial charge < -0.3 is 0 Å². The van der Waals surface area contributed by atoms with Crippen LogP contribution in [-0.4, -0.2) is 4.98 Å². The molecule has 0 radical (unpaired) electrons. The van der Waals surface area contributed by atoms with Gasteiger partial charge in [-0.3, -0.25) is 4.98 Å². The Kier molecular flexibility index (Phi) is 2.14. The van der Waals surface area contributed by atoms with Crippen LogP contribution in [-0.2, 0) is 5.41 Å². The Bertz CT molecular complexity index is 315. The van der Waals surface area contributed by atoms with Crippen molar-refractivity contribution in [2.24, 2.45) is 0 Å². The standard InChI is InChI=1S/C10H12N2/c1-10(2,3)9-8(11-4)6-5-7-12-9/h5-7H,1-3H3. The quantitative estimate of drug-likeness (QED) is 0.533. The summed E-state index contributed by atoms with van der Waals surface area (Å²) >= 11 is 0. The second kappa shape index (κ2) is 2.94. The van der Waals surface area contributed by atoms with Gasteiger partial charge in [0.05, 0.1) is 12.3 Å². The van der Waals surface area contributed by atoms with E-state index in [1.807, 2.05) is 0 Å². The molecular weight excluding hydrogens is 148 g/mol. The van der Waals surface area contributed by atoms with Crippen LogP contribution in [0.4, 0.5) is 5.69 Å². The SMILES string of the molecule is [C-]#[N+]c1cccnc1C(C)(C)C. The highest BCUT2D eigenvalue weighted by Gasteiger charge is 2.18. The molecule has 0 fully saturated rings. The predicted molar refractivity (Wildman–Crippen MR) is 49.2 cm³/mol. The van der Waals surface area contributed by atoms with Gasteiger partial charge in [-0.05, 0) is 5.41 Å². The maximum absolute atomic E-state index is 6.95. The van der Waals surface area contributed by atoms with Crippen LogP contribution in [0, 0.1) is 6.57 Å². The van der Waals surface area contributed by atoms with E-state index < -0.39 is 0 Å². The summed E-state index contributed by atoms with van der Waals surface area (Å²) in [5.74, 6) is 0. The first kappa shape index (κ1) is 8.73. The van der Waals surface area contributed by atoms with Crippen molar-refractivity contribution in [3.05, 3.63) is 35.4 Å². The lowest BCUT2D eigenvalue weighted by molar-refractivity contribution is 0.572. The fraction of sp³-hybridized carbons (Fsp3) is 0.400. The molecule has 0 bridgehead atoms. The third-order valence-electron chi connectivity index (χ3n) is 1.62. The average Bonchev–Trinajstić information content (AvgIpc) is 2.03. The van der Waals surface area contributed by atoms with E-state index in [2.05, 4.69) is 30.6 Å². The average molecular weight is 160 g/mol. The summed E-state index contributed by atoms with van der Waals surface area (Å²) in [6.45, 7) is 13.1. The van der Waals surface area contributed by atoms with Crippen LogP contribution in [0.3, 0.4) is 0 Å². The zero-order chi connectivity index (χ0) is 9.19. The molecule has 0 saturated heterocycles. The fourth-order valence-corrected chi connectivity index (χ4v) is 1.06. The van der Waals surface area contributed by atoms with E-state index in [0.29, 0.717) is 5.69 Å². The van der Waals surface area contributed by atoms with Gasteiger partial charge in [-0.2, -0.15) is 0 Å². The van der Waals surface area contributed by atoms with E-state index in [1.165, 1.54) is 0 Å². The lowest BCUT2D eigenvalue weighted by Gasteiger charge is -2.18. The highest BCUT2D eigenvalue weighted by Crippen LogP contribution is 2.28. The van der Waals surface area contributed by atoms with Crippen molar-refractivity contribution in [1.82, 2.24) is 4.98 Å². The van der Waals surface area contributed by atoms with Gasteiger partial charge in [-0.25, -0.2) is 4.85 Å². The third kappa shape index (κ3) is 1.62. The number of pyridine rings is 1. The van der Waals surface area contributed by atoms with E-state index in [4.69, 9.17) is 6.57 Å². The number of hydrogen-bond acceptors (Lipinski definition) is 1. The number of rotatable bonds is 0. The van der Waals surface area contributed by atoms with Gasteiger partial charge in [0, 0.05) is 6.20 Å². The van der Waals surface area contributed by atoms with Gasteiger partial charge in [0.15, 0.2) is 0 Å². The molecule has 0 aliphatic rings. The maximum Gasteiger partial charge on any atom is 0.208 e. The summed E-state index contributed by atoms with van der Waals surface area (Å²) in [4.78, 5) is 7.63. The first-order valence-corrected chi connectivity index (χ1v) is 3.88. The smallest absolute Gasteiger partial charge is 0.208 e. The Morgan fingerprint density at radius 1 is 1.42 bits per heavy atom. The molecule has 0 atom stereocenters. The normalized spacial score (nSPS) is 10.8. The molecule has 0 aromatic carbocycles. The molecular formula is C10H12N2. The minimum Gasteiger partial charge on any atom is -0.272 e. The van der Waals surface area contributed by atoms with Crippen LogP contribution in [0.15, 0.2) is 18.3 Å². The Morgan fingerprint density at radius 2 is 2.08 bits per heavy atom. The summed E-state index contributed by atoms with van der Waals surface area (Å²) in [6.07, 6.45) is 1.73. The van der Waals surface area contributed by atoms with Crippen molar-refractivity contribution in [2.75, 3.05) is 0 Å². The number of hydrogen-bond donors (Lipinski definition) is 0. The number of nitrogens with zero attached hydrogens (tertiary/aromatic N) is 2. The van der Waals surface area contributed by atoms with Gasteiger partial charge in [0.1, 0.15) is 0 Å². The third-order valence-corrected chi connectivity index (χ3v) is 1.62. The Labute approximate surface area is 73.1 Å². The first-order valence-electron chi connectivity index (χ1n) is 3.88. The van der Waals surface area contributed by atoms with Gasteiger partial charge in [-0.15, -0.1) is 0 Å². The summed E-state index contributed by atoms with van der Waals surface area (Å²) in [5.41, 5.74) is 1.49. The molecule has 0 amide bonds. The highest BCUT2D eigenvalue weighted by molar-refractivity contribution is 5.51. The van der Waals surface area contributed by atoms with Crippen molar-refractivity contribution >= 4 is 5.69 Å². The minimum absolute atomic E-state index is 0.0405. The zero-order valence-corrected chi connectivity index (χ0v) is 7.63. The Hall–Kier alpha value is -1.36. The van der Waals surface area contributed by atoms with Crippen molar-refractivity contribution in [3.63, 3.8) is 0 Å². The molecule has 0 aliphatic heterocycles. The molecule has 0 unspecified atom stereocenters. The second-order valence-electron chi connectivity index (χ2n) is 3.73. The minimum atomic E-state index is -0.0405. The van der Waals surface area contributed by atoms with Gasteiger partial charge >= 0.3 is 0 Å². The molecule has 0 aliphatic carbocycles. The molecule has 1 aromatic rings. The first-order chi connectivity index (χ1) is 5.55. The second-order valence-corrected chi connectivity index (χ2v) is 3.73. The van der Waals surface area contributed by atoms with Crippen molar-refractivity contribution in [1.29, 1.82) is 0 Å². The molecule has 1 rings (SSSR count). The van der Waals surface area contributed by atoms with Crippen LogP contribution in [0.25, 0.3) is 4.85 Å². The molecule has 2 nitrogen and oxygen atoms in total. The van der Waals surface area contributed by atoms with Crippen LogP contribution in [0.2, 0.25) is 0 Å². The summed E-state index contributed by atoms with van der Waals surface area (Å²) < 4.78 is 0. The van der Waals surface area contributed by atoms with Crippen molar-refractivity contribution in [2.45, 2.75) is 26.2 Å². The van der Waals surface area contributed by atoms with E-state index in [0.717, 1.165) is 5.69 Å². The highest BCUT2D eigenvalue weighted by atomic mass is 14.8. The van der Waals surface area contributed by atoms with Gasteiger partial charge in [0.25, 0.3) is 0 Å². The van der Waals surface area contributed by atoms with Gasteiger partial charge in [-0.1, -0.05) is 32.9 Å². The molecule has 1 aromatic heterocycles. The molecule has 1 heterocycles. The van der Waals surface area contributed by atoms with E-state index in [9.17, 15) is 0 Å². The monoisotopic (exact) mass is 160 g/mol. The topological polar surface area (TPSA) is 17.2 Å². The summed E-state index contributed by atoms with van der Waals surface area (Å²) in [6, 6.07) is 3.60. The molecule has 0 saturated carbocycles. The maximum atomic E-state index is 6.95. The van der Waals surface area contributed by atoms with Crippen LogP contribution < -0.4 is 0 Å². The van der Waals surface area contributed by atoms with E-state index in [-0.39, 0.29) is 5.41 Å². The largest absolute Gasteiger partial charge is 0.272 e. The zero-order valence-electron chi connectivity index (χ0n) is 7.63. The number of aromatic nitrogens is 1. The molecule has 0 spiro atoms. The van der Waals surface area contributed by atoms with E-state index in [1.54, 1.807) is 18.3 Å². The van der Waals surface area contributed by atoms with Crippen molar-refractivity contribution in [3.8, 4) is 0 Å². The summed E-state index contributed by atoms with van der Waals surface area (Å²) in [7, 11) is 0. The lowest BCUT2D eigenvalue weighted by Crippen LogP contribution is -2.13. The Balaban J connectivity index is 3.26. The molecule has 62 valence electrons. The molecule has 12 heavy (non-hydrogen) atoms. The Morgan fingerprint density at radius 3 is 2.50 bits per heavy atom. The molecule has 2 heteroatoms. The predicted octanol–water partition coefficient (Wildman–Crippen LogP) is 2.93. The molecule has 0 N–H and O–H groups in total. The van der Waals surface area contributed by atoms with Crippen LogP contribution in [0.1, 0.15) is 26.5 Å². The lowest BCUT2D eigenvalue weighted by atomic mass is 9.90. The van der Waals surface area contributed by atoms with Crippen LogP contribution in [0.5, 0.6) is 0 Å². The fourth-order valence-electron chi connectivity index (χ4n) is 1.06. The van der Waals surface area contributed by atoms with E-state index >= 15 is 0 Å². The van der Waals surface area contributed by atoms with Gasteiger partial charge in [0.2, 0.25) is 5.69 Å². The van der Waals surface area contributed by atoms with Crippen LogP contribution >= 0.6 is 0 Å².